The minimum absolute atomic E-state index is 0.711. The minimum Gasteiger partial charge on any atom is -0.297 e. The van der Waals surface area contributed by atoms with Crippen molar-refractivity contribution in [3.8, 4) is 0 Å². The molecule has 2 heteroatoms. The summed E-state index contributed by atoms with van der Waals surface area (Å²) in [6, 6.07) is 4.19. The van der Waals surface area contributed by atoms with Gasteiger partial charge in [-0.2, -0.15) is 0 Å². The van der Waals surface area contributed by atoms with Crippen LogP contribution in [0, 0.1) is 12.3 Å². The highest BCUT2D eigenvalue weighted by atomic mass is 15.2. The molecule has 2 aliphatic rings. The first-order chi connectivity index (χ1) is 7.77. The first-order valence-corrected chi connectivity index (χ1v) is 6.40. The van der Waals surface area contributed by atoms with Gasteiger partial charge >= 0.3 is 0 Å². The van der Waals surface area contributed by atoms with Crippen LogP contribution in [0.2, 0.25) is 0 Å². The van der Waals surface area contributed by atoms with Gasteiger partial charge in [-0.15, -0.1) is 0 Å². The Bertz CT molecular complexity index is 382. The molecule has 1 saturated heterocycles. The lowest BCUT2D eigenvalue weighted by Crippen LogP contribution is -2.33. The van der Waals surface area contributed by atoms with Crippen molar-refractivity contribution in [2.75, 3.05) is 13.1 Å². The number of nitrogens with zero attached hydrogens (tertiary/aromatic N) is 2. The van der Waals surface area contributed by atoms with Gasteiger partial charge in [0.2, 0.25) is 0 Å². The zero-order valence-corrected chi connectivity index (χ0v) is 10.1. The molecule has 1 saturated carbocycles. The number of aryl methyl sites for hydroxylation is 1. The summed E-state index contributed by atoms with van der Waals surface area (Å²) in [7, 11) is 0. The average Bonchev–Trinajstić information content (AvgIpc) is 2.65. The van der Waals surface area contributed by atoms with Crippen LogP contribution in [-0.2, 0) is 6.54 Å². The fraction of sp³-hybridized carbons (Fsp3) is 0.643. The van der Waals surface area contributed by atoms with E-state index >= 15 is 0 Å². The molecule has 86 valence electrons. The second-order valence-electron chi connectivity index (χ2n) is 5.58. The summed E-state index contributed by atoms with van der Waals surface area (Å²) in [5.74, 6) is 0. The van der Waals surface area contributed by atoms with Crippen molar-refractivity contribution in [2.24, 2.45) is 5.41 Å². The summed E-state index contributed by atoms with van der Waals surface area (Å²) in [6.07, 6.45) is 7.71. The molecule has 0 aromatic carbocycles. The number of hydrogen-bond acceptors (Lipinski definition) is 2. The Morgan fingerprint density at radius 2 is 2.25 bits per heavy atom. The van der Waals surface area contributed by atoms with Crippen molar-refractivity contribution in [1.82, 2.24) is 9.88 Å². The summed E-state index contributed by atoms with van der Waals surface area (Å²) < 4.78 is 0. The van der Waals surface area contributed by atoms with E-state index in [9.17, 15) is 0 Å². The summed E-state index contributed by atoms with van der Waals surface area (Å²) in [4.78, 5) is 7.08. The highest BCUT2D eigenvalue weighted by molar-refractivity contribution is 5.17. The molecule has 0 atom stereocenters. The van der Waals surface area contributed by atoms with Crippen LogP contribution in [0.15, 0.2) is 18.3 Å². The standard InChI is InChI=1S/C14H20N2/c1-12-4-2-8-15-13(12)10-16-9-7-14(11-16)5-3-6-14/h2,4,8H,3,5-7,9-11H2,1H3. The molecule has 1 aliphatic carbocycles. The molecule has 16 heavy (non-hydrogen) atoms. The number of rotatable bonds is 2. The van der Waals surface area contributed by atoms with Crippen molar-refractivity contribution in [2.45, 2.75) is 39.2 Å². The van der Waals surface area contributed by atoms with Crippen molar-refractivity contribution in [3.05, 3.63) is 29.6 Å². The van der Waals surface area contributed by atoms with Crippen LogP contribution in [-0.4, -0.2) is 23.0 Å². The number of hydrogen-bond donors (Lipinski definition) is 0. The molecular weight excluding hydrogens is 196 g/mol. The molecule has 2 heterocycles. The van der Waals surface area contributed by atoms with Crippen LogP contribution in [0.5, 0.6) is 0 Å². The third-order valence-corrected chi connectivity index (χ3v) is 4.42. The molecule has 0 radical (unpaired) electrons. The van der Waals surface area contributed by atoms with Gasteiger partial charge in [0.05, 0.1) is 5.69 Å². The van der Waals surface area contributed by atoms with Crippen LogP contribution in [0.3, 0.4) is 0 Å². The lowest BCUT2D eigenvalue weighted by atomic mass is 9.68. The zero-order valence-electron chi connectivity index (χ0n) is 10.1. The Hall–Kier alpha value is -0.890. The molecule has 2 fully saturated rings. The molecule has 0 bridgehead atoms. The molecule has 0 N–H and O–H groups in total. The Labute approximate surface area is 97.7 Å². The third-order valence-electron chi connectivity index (χ3n) is 4.42. The quantitative estimate of drug-likeness (QED) is 0.755. The van der Waals surface area contributed by atoms with Gasteiger partial charge in [-0.05, 0) is 49.8 Å². The zero-order chi connectivity index (χ0) is 11.0. The van der Waals surface area contributed by atoms with E-state index in [-0.39, 0.29) is 0 Å². The lowest BCUT2D eigenvalue weighted by molar-refractivity contribution is 0.137. The predicted molar refractivity (Wildman–Crippen MR) is 65.2 cm³/mol. The van der Waals surface area contributed by atoms with Crippen LogP contribution < -0.4 is 0 Å². The number of likely N-dealkylation sites (tertiary alicyclic amines) is 1. The van der Waals surface area contributed by atoms with Gasteiger partial charge in [0.25, 0.3) is 0 Å². The van der Waals surface area contributed by atoms with Gasteiger partial charge in [0.15, 0.2) is 0 Å². The van der Waals surface area contributed by atoms with Crippen LogP contribution in [0.4, 0.5) is 0 Å². The summed E-state index contributed by atoms with van der Waals surface area (Å²) in [5, 5.41) is 0. The number of pyridine rings is 1. The minimum atomic E-state index is 0.711. The molecule has 0 unspecified atom stereocenters. The Balaban J connectivity index is 1.66. The maximum Gasteiger partial charge on any atom is 0.0573 e. The first kappa shape index (κ1) is 10.3. The topological polar surface area (TPSA) is 16.1 Å². The molecule has 1 aromatic heterocycles. The van der Waals surface area contributed by atoms with E-state index in [4.69, 9.17) is 0 Å². The van der Waals surface area contributed by atoms with Gasteiger partial charge < -0.3 is 0 Å². The predicted octanol–water partition coefficient (Wildman–Crippen LogP) is 2.77. The van der Waals surface area contributed by atoms with Gasteiger partial charge in [-0.25, -0.2) is 0 Å². The van der Waals surface area contributed by atoms with Gasteiger partial charge in [0, 0.05) is 19.3 Å². The van der Waals surface area contributed by atoms with Crippen LogP contribution in [0.1, 0.15) is 36.9 Å². The van der Waals surface area contributed by atoms with Gasteiger partial charge in [0.1, 0.15) is 0 Å². The highest BCUT2D eigenvalue weighted by Crippen LogP contribution is 2.48. The maximum atomic E-state index is 4.49. The van der Waals surface area contributed by atoms with Gasteiger partial charge in [-0.3, -0.25) is 9.88 Å². The monoisotopic (exact) mass is 216 g/mol. The Kier molecular flexibility index (Phi) is 2.47. The fourth-order valence-electron chi connectivity index (χ4n) is 3.14. The SMILES string of the molecule is Cc1cccnc1CN1CCC2(CCC2)C1. The molecule has 3 rings (SSSR count). The summed E-state index contributed by atoms with van der Waals surface area (Å²) in [5.41, 5.74) is 3.30. The number of aromatic nitrogens is 1. The Morgan fingerprint density at radius 3 is 2.88 bits per heavy atom. The van der Waals surface area contributed by atoms with E-state index in [0.29, 0.717) is 5.41 Å². The van der Waals surface area contributed by atoms with E-state index in [2.05, 4.69) is 22.9 Å². The van der Waals surface area contributed by atoms with E-state index in [1.54, 1.807) is 0 Å². The van der Waals surface area contributed by atoms with Crippen molar-refractivity contribution >= 4 is 0 Å². The molecular formula is C14H20N2. The molecule has 1 aromatic rings. The van der Waals surface area contributed by atoms with Crippen molar-refractivity contribution < 1.29 is 0 Å². The largest absolute Gasteiger partial charge is 0.297 e. The van der Waals surface area contributed by atoms with Crippen molar-refractivity contribution in [1.29, 1.82) is 0 Å². The smallest absolute Gasteiger partial charge is 0.0573 e. The first-order valence-electron chi connectivity index (χ1n) is 6.40. The molecule has 0 amide bonds. The second kappa shape index (κ2) is 3.85. The average molecular weight is 216 g/mol. The molecule has 1 spiro atoms. The fourth-order valence-corrected chi connectivity index (χ4v) is 3.14. The van der Waals surface area contributed by atoms with Gasteiger partial charge in [-0.1, -0.05) is 12.5 Å². The second-order valence-corrected chi connectivity index (χ2v) is 5.58. The summed E-state index contributed by atoms with van der Waals surface area (Å²) in [6.45, 7) is 5.80. The molecule has 1 aliphatic heterocycles. The maximum absolute atomic E-state index is 4.49. The lowest BCUT2D eigenvalue weighted by Gasteiger charge is -2.38. The molecule has 2 nitrogen and oxygen atoms in total. The Morgan fingerprint density at radius 1 is 1.38 bits per heavy atom. The third kappa shape index (κ3) is 1.75. The van der Waals surface area contributed by atoms with Crippen LogP contribution >= 0.6 is 0 Å². The normalized spacial score (nSPS) is 23.6. The highest BCUT2D eigenvalue weighted by Gasteiger charge is 2.42. The van der Waals surface area contributed by atoms with E-state index < -0.39 is 0 Å². The van der Waals surface area contributed by atoms with Crippen LogP contribution in [0.25, 0.3) is 0 Å². The van der Waals surface area contributed by atoms with E-state index in [1.165, 1.54) is 50.0 Å². The van der Waals surface area contributed by atoms with E-state index in [0.717, 1.165) is 6.54 Å². The van der Waals surface area contributed by atoms with E-state index in [1.807, 2.05) is 12.3 Å². The summed E-state index contributed by atoms with van der Waals surface area (Å²) >= 11 is 0. The van der Waals surface area contributed by atoms with Crippen molar-refractivity contribution in [3.63, 3.8) is 0 Å².